The summed E-state index contributed by atoms with van der Waals surface area (Å²) in [5, 5.41) is 3.32. The lowest BCUT2D eigenvalue weighted by Gasteiger charge is -2.25. The van der Waals surface area contributed by atoms with Gasteiger partial charge in [0.05, 0.1) is 19.4 Å². The maximum atomic E-state index is 12.7. The van der Waals surface area contributed by atoms with Gasteiger partial charge in [-0.3, -0.25) is 4.79 Å². The zero-order chi connectivity index (χ0) is 17.2. The van der Waals surface area contributed by atoms with E-state index < -0.39 is 0 Å². The van der Waals surface area contributed by atoms with Crippen molar-refractivity contribution < 1.29 is 9.21 Å². The molecule has 2 saturated carbocycles. The number of nitrogens with zero attached hydrogens (tertiary/aromatic N) is 1. The van der Waals surface area contributed by atoms with Crippen LogP contribution in [0.1, 0.15) is 37.0 Å². The fourth-order valence-electron chi connectivity index (χ4n) is 3.52. The number of benzene rings is 1. The number of nitrogens with one attached hydrogen (secondary N) is 1. The minimum absolute atomic E-state index is 0.121. The summed E-state index contributed by atoms with van der Waals surface area (Å²) in [5.41, 5.74) is 2.26. The van der Waals surface area contributed by atoms with Gasteiger partial charge in [-0.2, -0.15) is 0 Å². The van der Waals surface area contributed by atoms with E-state index in [0.29, 0.717) is 31.0 Å². The molecule has 4 nitrogen and oxygen atoms in total. The summed E-state index contributed by atoms with van der Waals surface area (Å²) in [6.45, 7) is 3.03. The van der Waals surface area contributed by atoms with Crippen molar-refractivity contribution in [1.82, 2.24) is 5.32 Å². The van der Waals surface area contributed by atoms with Gasteiger partial charge in [0, 0.05) is 11.7 Å². The summed E-state index contributed by atoms with van der Waals surface area (Å²) < 4.78 is 5.49. The Hall–Kier alpha value is -2.23. The van der Waals surface area contributed by atoms with Crippen LogP contribution in [0.4, 0.5) is 5.69 Å². The van der Waals surface area contributed by atoms with Crippen molar-refractivity contribution in [3.63, 3.8) is 0 Å². The van der Waals surface area contributed by atoms with Crippen molar-refractivity contribution in [2.45, 2.75) is 45.2 Å². The second kappa shape index (κ2) is 6.95. The Bertz CT molecular complexity index is 688. The molecule has 1 amide bonds. The molecular formula is C21H26N2O2. The van der Waals surface area contributed by atoms with Crippen molar-refractivity contribution in [1.29, 1.82) is 0 Å². The average Bonchev–Trinajstić information content (AvgIpc) is 3.53. The molecule has 0 spiro atoms. The third-order valence-electron chi connectivity index (χ3n) is 5.25. The van der Waals surface area contributed by atoms with Crippen LogP contribution in [0.15, 0.2) is 47.1 Å². The number of furan rings is 1. The first-order valence-electron chi connectivity index (χ1n) is 9.32. The quantitative estimate of drug-likeness (QED) is 0.794. The first-order valence-corrected chi connectivity index (χ1v) is 9.32. The molecule has 2 aromatic rings. The molecule has 25 heavy (non-hydrogen) atoms. The van der Waals surface area contributed by atoms with Gasteiger partial charge in [-0.05, 0) is 68.7 Å². The molecule has 1 aromatic carbocycles. The monoisotopic (exact) mass is 338 g/mol. The number of hydrogen-bond acceptors (Lipinski definition) is 3. The van der Waals surface area contributed by atoms with Crippen LogP contribution in [-0.4, -0.2) is 18.5 Å². The number of amides is 1. The van der Waals surface area contributed by atoms with Crippen molar-refractivity contribution >= 4 is 11.6 Å². The van der Waals surface area contributed by atoms with Crippen molar-refractivity contribution in [2.75, 3.05) is 11.4 Å². The Kier molecular flexibility index (Phi) is 4.51. The van der Waals surface area contributed by atoms with E-state index in [2.05, 4.69) is 41.4 Å². The maximum Gasteiger partial charge on any atom is 0.239 e. The van der Waals surface area contributed by atoms with Gasteiger partial charge in [0.1, 0.15) is 5.76 Å². The van der Waals surface area contributed by atoms with Crippen molar-refractivity contribution in [3.8, 4) is 0 Å². The number of aryl methyl sites for hydroxylation is 1. The predicted molar refractivity (Wildman–Crippen MR) is 98.3 cm³/mol. The Labute approximate surface area is 149 Å². The molecular weight excluding hydrogens is 312 g/mol. The molecule has 1 aromatic heterocycles. The summed E-state index contributed by atoms with van der Waals surface area (Å²) in [7, 11) is 0. The molecule has 2 fully saturated rings. The van der Waals surface area contributed by atoms with Crippen LogP contribution in [0, 0.1) is 18.8 Å². The highest BCUT2D eigenvalue weighted by atomic mass is 16.3. The molecule has 0 atom stereocenters. The zero-order valence-corrected chi connectivity index (χ0v) is 14.8. The highest BCUT2D eigenvalue weighted by Crippen LogP contribution is 2.44. The molecule has 0 bridgehead atoms. The van der Waals surface area contributed by atoms with Crippen LogP contribution < -0.4 is 10.2 Å². The van der Waals surface area contributed by atoms with Crippen LogP contribution >= 0.6 is 0 Å². The highest BCUT2D eigenvalue weighted by molar-refractivity contribution is 5.81. The lowest BCUT2D eigenvalue weighted by atomic mass is 10.1. The predicted octanol–water partition coefficient (Wildman–Crippen LogP) is 3.90. The van der Waals surface area contributed by atoms with Crippen molar-refractivity contribution in [3.05, 3.63) is 54.0 Å². The topological polar surface area (TPSA) is 45.5 Å². The molecule has 0 unspecified atom stereocenters. The van der Waals surface area contributed by atoms with Gasteiger partial charge >= 0.3 is 0 Å². The number of anilines is 1. The van der Waals surface area contributed by atoms with Gasteiger partial charge in [-0.15, -0.1) is 0 Å². The van der Waals surface area contributed by atoms with E-state index in [1.54, 1.807) is 6.26 Å². The summed E-state index contributed by atoms with van der Waals surface area (Å²) >= 11 is 0. The third kappa shape index (κ3) is 4.25. The second-order valence-electron chi connectivity index (χ2n) is 7.54. The van der Waals surface area contributed by atoms with E-state index in [1.165, 1.54) is 31.2 Å². The van der Waals surface area contributed by atoms with E-state index in [1.807, 2.05) is 12.1 Å². The summed E-state index contributed by atoms with van der Waals surface area (Å²) in [5.74, 6) is 2.42. The smallest absolute Gasteiger partial charge is 0.239 e. The van der Waals surface area contributed by atoms with E-state index in [0.717, 1.165) is 11.4 Å². The van der Waals surface area contributed by atoms with Gasteiger partial charge < -0.3 is 14.6 Å². The first-order chi connectivity index (χ1) is 12.2. The second-order valence-corrected chi connectivity index (χ2v) is 7.54. The average molecular weight is 338 g/mol. The molecule has 0 aliphatic heterocycles. The van der Waals surface area contributed by atoms with Gasteiger partial charge in [-0.1, -0.05) is 17.7 Å². The molecule has 1 heterocycles. The Morgan fingerprint density at radius 2 is 1.84 bits per heavy atom. The maximum absolute atomic E-state index is 12.7. The molecule has 132 valence electrons. The normalized spacial score (nSPS) is 16.9. The number of carbonyl (C=O) groups excluding carboxylic acids is 1. The Morgan fingerprint density at radius 1 is 1.16 bits per heavy atom. The zero-order valence-electron chi connectivity index (χ0n) is 14.8. The largest absolute Gasteiger partial charge is 0.467 e. The van der Waals surface area contributed by atoms with Gasteiger partial charge in [-0.25, -0.2) is 0 Å². The standard InChI is InChI=1S/C21H26N2O2/c1-15-4-10-18(11-5-15)23(13-19-3-2-12-25-19)14-20(24)22-21(16-6-7-16)17-8-9-17/h2-5,10-12,16-17,21H,6-9,13-14H2,1H3,(H,22,24). The first kappa shape index (κ1) is 16.2. The van der Waals surface area contributed by atoms with E-state index >= 15 is 0 Å². The minimum atomic E-state index is 0.121. The lowest BCUT2D eigenvalue weighted by molar-refractivity contribution is -0.120. The fraction of sp³-hybridized carbons (Fsp3) is 0.476. The van der Waals surface area contributed by atoms with Gasteiger partial charge in [0.25, 0.3) is 0 Å². The number of hydrogen-bond donors (Lipinski definition) is 1. The molecule has 2 aliphatic carbocycles. The third-order valence-corrected chi connectivity index (χ3v) is 5.25. The van der Waals surface area contributed by atoms with Crippen LogP contribution in [0.5, 0.6) is 0 Å². The van der Waals surface area contributed by atoms with Gasteiger partial charge in [0.2, 0.25) is 5.91 Å². The van der Waals surface area contributed by atoms with Crippen LogP contribution in [-0.2, 0) is 11.3 Å². The van der Waals surface area contributed by atoms with Gasteiger partial charge in [0.15, 0.2) is 0 Å². The molecule has 0 saturated heterocycles. The van der Waals surface area contributed by atoms with Crippen LogP contribution in [0.25, 0.3) is 0 Å². The summed E-state index contributed by atoms with van der Waals surface area (Å²) in [6, 6.07) is 12.6. The highest BCUT2D eigenvalue weighted by Gasteiger charge is 2.42. The Morgan fingerprint density at radius 3 is 2.40 bits per heavy atom. The molecule has 1 N–H and O–H groups in total. The molecule has 0 radical (unpaired) electrons. The fourth-order valence-corrected chi connectivity index (χ4v) is 3.52. The summed E-state index contributed by atoms with van der Waals surface area (Å²) in [6.07, 6.45) is 6.77. The molecule has 2 aliphatic rings. The number of carbonyl (C=O) groups is 1. The molecule has 4 rings (SSSR count). The lowest BCUT2D eigenvalue weighted by Crippen LogP contribution is -2.44. The SMILES string of the molecule is Cc1ccc(N(CC(=O)NC(C2CC2)C2CC2)Cc2ccco2)cc1. The minimum Gasteiger partial charge on any atom is -0.467 e. The van der Waals surface area contributed by atoms with Crippen molar-refractivity contribution in [2.24, 2.45) is 11.8 Å². The van der Waals surface area contributed by atoms with E-state index in [9.17, 15) is 4.79 Å². The van der Waals surface area contributed by atoms with Crippen LogP contribution in [0.3, 0.4) is 0 Å². The van der Waals surface area contributed by atoms with E-state index in [-0.39, 0.29) is 5.91 Å². The molecule has 4 heteroatoms. The van der Waals surface area contributed by atoms with Crippen LogP contribution in [0.2, 0.25) is 0 Å². The Balaban J connectivity index is 1.45. The van der Waals surface area contributed by atoms with E-state index in [4.69, 9.17) is 4.42 Å². The number of rotatable bonds is 8. The summed E-state index contributed by atoms with van der Waals surface area (Å²) in [4.78, 5) is 14.8.